The summed E-state index contributed by atoms with van der Waals surface area (Å²) in [5.41, 5.74) is 6.15. The SMILES string of the molecule is COc1cc(CNC(=O)CC(N)=S)ccn1. The van der Waals surface area contributed by atoms with Crippen LogP contribution in [-0.4, -0.2) is 23.0 Å². The predicted octanol–water partition coefficient (Wildman–Crippen LogP) is 0.383. The Bertz CT molecular complexity index is 395. The Balaban J connectivity index is 2.47. The molecule has 0 radical (unpaired) electrons. The van der Waals surface area contributed by atoms with Gasteiger partial charge in [-0.3, -0.25) is 4.79 Å². The average molecular weight is 239 g/mol. The van der Waals surface area contributed by atoms with E-state index in [1.807, 2.05) is 0 Å². The number of methoxy groups -OCH3 is 1. The van der Waals surface area contributed by atoms with Crippen LogP contribution in [0.15, 0.2) is 18.3 Å². The summed E-state index contributed by atoms with van der Waals surface area (Å²) in [6, 6.07) is 3.55. The van der Waals surface area contributed by atoms with E-state index in [0.29, 0.717) is 12.4 Å². The van der Waals surface area contributed by atoms with Crippen LogP contribution in [0.5, 0.6) is 5.88 Å². The fraction of sp³-hybridized carbons (Fsp3) is 0.300. The number of thiocarbonyl (C=S) groups is 1. The van der Waals surface area contributed by atoms with E-state index < -0.39 is 0 Å². The minimum Gasteiger partial charge on any atom is -0.481 e. The number of rotatable bonds is 5. The third-order valence-electron chi connectivity index (χ3n) is 1.83. The van der Waals surface area contributed by atoms with E-state index in [1.54, 1.807) is 18.3 Å². The number of nitrogens with zero attached hydrogens (tertiary/aromatic N) is 1. The van der Waals surface area contributed by atoms with Crippen LogP contribution in [0.4, 0.5) is 0 Å². The molecule has 1 heterocycles. The van der Waals surface area contributed by atoms with Gasteiger partial charge in [0.1, 0.15) is 0 Å². The van der Waals surface area contributed by atoms with E-state index >= 15 is 0 Å². The fourth-order valence-corrected chi connectivity index (χ4v) is 1.22. The second-order valence-corrected chi connectivity index (χ2v) is 3.65. The molecule has 86 valence electrons. The standard InChI is InChI=1S/C10H13N3O2S/c1-15-10-4-7(2-3-12-10)6-13-9(14)5-8(11)16/h2-4H,5-6H2,1H3,(H2,11,16)(H,13,14). The van der Waals surface area contributed by atoms with E-state index in [4.69, 9.17) is 10.5 Å². The van der Waals surface area contributed by atoms with Gasteiger partial charge in [-0.05, 0) is 11.6 Å². The molecule has 3 N–H and O–H groups in total. The van der Waals surface area contributed by atoms with Gasteiger partial charge in [0.25, 0.3) is 0 Å². The summed E-state index contributed by atoms with van der Waals surface area (Å²) in [6.07, 6.45) is 1.69. The molecule has 1 rings (SSSR count). The summed E-state index contributed by atoms with van der Waals surface area (Å²) in [5.74, 6) is 0.323. The number of hydrogen-bond acceptors (Lipinski definition) is 4. The molecule has 0 aliphatic carbocycles. The van der Waals surface area contributed by atoms with E-state index in [2.05, 4.69) is 22.5 Å². The first kappa shape index (κ1) is 12.4. The third kappa shape index (κ3) is 4.22. The molecule has 0 unspecified atom stereocenters. The molecule has 0 bridgehead atoms. The normalized spacial score (nSPS) is 9.56. The van der Waals surface area contributed by atoms with Gasteiger partial charge in [0.05, 0.1) is 18.5 Å². The summed E-state index contributed by atoms with van der Waals surface area (Å²) >= 11 is 4.63. The number of aromatic nitrogens is 1. The molecular weight excluding hydrogens is 226 g/mol. The Labute approximate surface area is 99.0 Å². The van der Waals surface area contributed by atoms with Crippen LogP contribution in [0.2, 0.25) is 0 Å². The number of pyridine rings is 1. The maximum absolute atomic E-state index is 11.3. The lowest BCUT2D eigenvalue weighted by Crippen LogP contribution is -2.27. The molecular formula is C10H13N3O2S. The van der Waals surface area contributed by atoms with Crippen molar-refractivity contribution in [1.82, 2.24) is 10.3 Å². The summed E-state index contributed by atoms with van der Waals surface area (Å²) in [5, 5.41) is 2.69. The number of hydrogen-bond donors (Lipinski definition) is 2. The highest BCUT2D eigenvalue weighted by atomic mass is 32.1. The number of carbonyl (C=O) groups excluding carboxylic acids is 1. The molecule has 0 fully saturated rings. The molecule has 0 aliphatic rings. The van der Waals surface area contributed by atoms with Crippen molar-refractivity contribution in [3.8, 4) is 5.88 Å². The van der Waals surface area contributed by atoms with Crippen LogP contribution >= 0.6 is 12.2 Å². The van der Waals surface area contributed by atoms with Gasteiger partial charge in [0.2, 0.25) is 11.8 Å². The van der Waals surface area contributed by atoms with E-state index in [0.717, 1.165) is 5.56 Å². The van der Waals surface area contributed by atoms with E-state index in [-0.39, 0.29) is 17.3 Å². The monoisotopic (exact) mass is 239 g/mol. The van der Waals surface area contributed by atoms with Crippen LogP contribution in [-0.2, 0) is 11.3 Å². The van der Waals surface area contributed by atoms with Crippen molar-refractivity contribution >= 4 is 23.1 Å². The first-order valence-corrected chi connectivity index (χ1v) is 5.06. The van der Waals surface area contributed by atoms with Gasteiger partial charge >= 0.3 is 0 Å². The van der Waals surface area contributed by atoms with Crippen LogP contribution in [0.3, 0.4) is 0 Å². The molecule has 0 aliphatic heterocycles. The highest BCUT2D eigenvalue weighted by Gasteiger charge is 2.03. The molecule has 0 aromatic carbocycles. The van der Waals surface area contributed by atoms with E-state index in [1.165, 1.54) is 7.11 Å². The molecule has 5 nitrogen and oxygen atoms in total. The molecule has 0 atom stereocenters. The van der Waals surface area contributed by atoms with Crippen molar-refractivity contribution < 1.29 is 9.53 Å². The predicted molar refractivity (Wildman–Crippen MR) is 64.0 cm³/mol. The van der Waals surface area contributed by atoms with Crippen LogP contribution < -0.4 is 15.8 Å². The molecule has 0 saturated carbocycles. The number of amides is 1. The quantitative estimate of drug-likeness (QED) is 0.726. The lowest BCUT2D eigenvalue weighted by atomic mass is 10.2. The smallest absolute Gasteiger partial charge is 0.227 e. The summed E-state index contributed by atoms with van der Waals surface area (Å²) < 4.78 is 4.96. The van der Waals surface area contributed by atoms with Crippen LogP contribution in [0.25, 0.3) is 0 Å². The largest absolute Gasteiger partial charge is 0.481 e. The maximum Gasteiger partial charge on any atom is 0.227 e. The van der Waals surface area contributed by atoms with Crippen molar-refractivity contribution in [2.45, 2.75) is 13.0 Å². The maximum atomic E-state index is 11.3. The van der Waals surface area contributed by atoms with Gasteiger partial charge in [-0.1, -0.05) is 12.2 Å². The van der Waals surface area contributed by atoms with Crippen molar-refractivity contribution in [1.29, 1.82) is 0 Å². The van der Waals surface area contributed by atoms with Gasteiger partial charge in [0, 0.05) is 18.8 Å². The zero-order chi connectivity index (χ0) is 12.0. The molecule has 1 amide bonds. The number of carbonyl (C=O) groups is 1. The second-order valence-electron chi connectivity index (χ2n) is 3.13. The molecule has 1 aromatic heterocycles. The summed E-state index contributed by atoms with van der Waals surface area (Å²) in [7, 11) is 1.54. The number of nitrogens with one attached hydrogen (secondary N) is 1. The molecule has 0 spiro atoms. The third-order valence-corrected chi connectivity index (χ3v) is 1.98. The van der Waals surface area contributed by atoms with E-state index in [9.17, 15) is 4.79 Å². The van der Waals surface area contributed by atoms with Crippen molar-refractivity contribution in [2.24, 2.45) is 5.73 Å². The average Bonchev–Trinajstić information content (AvgIpc) is 2.26. The molecule has 0 saturated heterocycles. The minimum absolute atomic E-state index is 0.0670. The highest BCUT2D eigenvalue weighted by molar-refractivity contribution is 7.80. The molecule has 6 heteroatoms. The summed E-state index contributed by atoms with van der Waals surface area (Å²) in [6.45, 7) is 0.403. The van der Waals surface area contributed by atoms with Crippen molar-refractivity contribution in [3.63, 3.8) is 0 Å². The van der Waals surface area contributed by atoms with Gasteiger partial charge < -0.3 is 15.8 Å². The molecule has 16 heavy (non-hydrogen) atoms. The van der Waals surface area contributed by atoms with Crippen molar-refractivity contribution in [3.05, 3.63) is 23.9 Å². The first-order valence-electron chi connectivity index (χ1n) is 4.65. The second kappa shape index (κ2) is 6.02. The van der Waals surface area contributed by atoms with Crippen molar-refractivity contribution in [2.75, 3.05) is 7.11 Å². The first-order chi connectivity index (χ1) is 7.61. The van der Waals surface area contributed by atoms with Gasteiger partial charge in [-0.25, -0.2) is 4.98 Å². The van der Waals surface area contributed by atoms with Gasteiger partial charge in [-0.15, -0.1) is 0 Å². The lowest BCUT2D eigenvalue weighted by molar-refractivity contribution is -0.120. The zero-order valence-corrected chi connectivity index (χ0v) is 9.71. The van der Waals surface area contributed by atoms with Gasteiger partial charge in [0.15, 0.2) is 0 Å². The zero-order valence-electron chi connectivity index (χ0n) is 8.90. The number of nitrogens with two attached hydrogens (primary N) is 1. The Hall–Kier alpha value is -1.69. The van der Waals surface area contributed by atoms with Crippen LogP contribution in [0, 0.1) is 0 Å². The minimum atomic E-state index is -0.191. The highest BCUT2D eigenvalue weighted by Crippen LogP contribution is 2.07. The molecule has 1 aromatic rings. The Morgan fingerprint density at radius 3 is 3.06 bits per heavy atom. The Morgan fingerprint density at radius 2 is 2.44 bits per heavy atom. The Kier molecular flexibility index (Phi) is 4.65. The topological polar surface area (TPSA) is 77.2 Å². The fourth-order valence-electron chi connectivity index (χ4n) is 1.09. The number of ether oxygens (including phenoxy) is 1. The van der Waals surface area contributed by atoms with Crippen LogP contribution in [0.1, 0.15) is 12.0 Å². The summed E-state index contributed by atoms with van der Waals surface area (Å²) in [4.78, 5) is 15.4. The van der Waals surface area contributed by atoms with Gasteiger partial charge in [-0.2, -0.15) is 0 Å². The Morgan fingerprint density at radius 1 is 1.69 bits per heavy atom. The lowest BCUT2D eigenvalue weighted by Gasteiger charge is -2.05.